The minimum atomic E-state index is -0.230. The van der Waals surface area contributed by atoms with E-state index >= 15 is 0 Å². The fourth-order valence-electron chi connectivity index (χ4n) is 1.86. The normalized spacial score (nSPS) is 22.1. The van der Waals surface area contributed by atoms with Crippen LogP contribution in [0.25, 0.3) is 0 Å². The van der Waals surface area contributed by atoms with Crippen molar-refractivity contribution in [2.24, 2.45) is 5.73 Å². The quantitative estimate of drug-likeness (QED) is 0.666. The zero-order valence-corrected chi connectivity index (χ0v) is 9.12. The number of carbonyl (C=O) groups excluding carboxylic acids is 1. The molecule has 1 amide bonds. The monoisotopic (exact) mass is 199 g/mol. The molecule has 4 heteroatoms. The summed E-state index contributed by atoms with van der Waals surface area (Å²) in [4.78, 5) is 13.3. The molecule has 1 heterocycles. The largest absolute Gasteiger partial charge is 0.368 e. The lowest BCUT2D eigenvalue weighted by Crippen LogP contribution is -2.49. The Kier molecular flexibility index (Phi) is 4.35. The third kappa shape index (κ3) is 3.27. The summed E-state index contributed by atoms with van der Waals surface area (Å²) in [7, 11) is 2.13. The molecule has 1 saturated heterocycles. The number of hydrogen-bond donors (Lipinski definition) is 2. The van der Waals surface area contributed by atoms with E-state index in [1.165, 1.54) is 0 Å². The van der Waals surface area contributed by atoms with Crippen molar-refractivity contribution in [3.8, 4) is 0 Å². The van der Waals surface area contributed by atoms with Gasteiger partial charge in [-0.3, -0.25) is 4.79 Å². The van der Waals surface area contributed by atoms with Gasteiger partial charge in [-0.05, 0) is 39.4 Å². The van der Waals surface area contributed by atoms with Gasteiger partial charge < -0.3 is 16.0 Å². The summed E-state index contributed by atoms with van der Waals surface area (Å²) in [6.45, 7) is 4.19. The van der Waals surface area contributed by atoms with E-state index in [1.54, 1.807) is 0 Å². The van der Waals surface area contributed by atoms with Crippen molar-refractivity contribution in [1.82, 2.24) is 10.2 Å². The van der Waals surface area contributed by atoms with Crippen molar-refractivity contribution >= 4 is 5.91 Å². The summed E-state index contributed by atoms with van der Waals surface area (Å²) in [5.41, 5.74) is 5.28. The lowest BCUT2D eigenvalue weighted by atomic mass is 10.0. The minimum Gasteiger partial charge on any atom is -0.368 e. The van der Waals surface area contributed by atoms with Crippen LogP contribution in [0.15, 0.2) is 0 Å². The van der Waals surface area contributed by atoms with Gasteiger partial charge in [-0.2, -0.15) is 0 Å². The van der Waals surface area contributed by atoms with Crippen LogP contribution < -0.4 is 11.1 Å². The van der Waals surface area contributed by atoms with Crippen LogP contribution in [0.5, 0.6) is 0 Å². The first-order valence-corrected chi connectivity index (χ1v) is 5.37. The number of piperidine rings is 1. The van der Waals surface area contributed by atoms with Gasteiger partial charge in [0.1, 0.15) is 0 Å². The smallest absolute Gasteiger partial charge is 0.234 e. The van der Waals surface area contributed by atoms with E-state index in [1.807, 2.05) is 6.92 Å². The van der Waals surface area contributed by atoms with Gasteiger partial charge in [0.25, 0.3) is 0 Å². The Hall–Kier alpha value is -0.610. The predicted octanol–water partition coefficient (Wildman–Crippen LogP) is -0.0659. The molecule has 0 saturated carbocycles. The Morgan fingerprint density at radius 1 is 1.57 bits per heavy atom. The molecule has 0 radical (unpaired) electrons. The maximum Gasteiger partial charge on any atom is 0.234 e. The van der Waals surface area contributed by atoms with Crippen molar-refractivity contribution in [1.29, 1.82) is 0 Å². The number of nitrogens with one attached hydrogen (secondary N) is 1. The second-order valence-electron chi connectivity index (χ2n) is 4.11. The Labute approximate surface area is 85.8 Å². The maximum absolute atomic E-state index is 11.0. The minimum absolute atomic E-state index is 0.150. The van der Waals surface area contributed by atoms with E-state index < -0.39 is 0 Å². The van der Waals surface area contributed by atoms with E-state index in [2.05, 4.69) is 17.3 Å². The zero-order valence-electron chi connectivity index (χ0n) is 9.12. The van der Waals surface area contributed by atoms with Crippen molar-refractivity contribution in [2.45, 2.75) is 38.3 Å². The lowest BCUT2D eigenvalue weighted by molar-refractivity contribution is -0.120. The van der Waals surface area contributed by atoms with Crippen molar-refractivity contribution < 1.29 is 4.79 Å². The molecular formula is C10H21N3O. The molecule has 1 unspecified atom stereocenters. The molecule has 1 fully saturated rings. The number of nitrogens with zero attached hydrogens (tertiary/aromatic N) is 1. The molecule has 0 bridgehead atoms. The van der Waals surface area contributed by atoms with E-state index in [4.69, 9.17) is 5.73 Å². The Bertz CT molecular complexity index is 188. The second-order valence-corrected chi connectivity index (χ2v) is 4.11. The Morgan fingerprint density at radius 2 is 2.14 bits per heavy atom. The van der Waals surface area contributed by atoms with E-state index in [0.29, 0.717) is 6.04 Å². The van der Waals surface area contributed by atoms with Gasteiger partial charge in [-0.25, -0.2) is 0 Å². The molecule has 1 aliphatic rings. The highest BCUT2D eigenvalue weighted by Gasteiger charge is 2.21. The number of primary amides is 1. The summed E-state index contributed by atoms with van der Waals surface area (Å²) in [6, 6.07) is 0.312. The van der Waals surface area contributed by atoms with Crippen LogP contribution in [0.4, 0.5) is 0 Å². The second kappa shape index (κ2) is 5.32. The summed E-state index contributed by atoms with van der Waals surface area (Å²) >= 11 is 0. The molecule has 0 aliphatic carbocycles. The average Bonchev–Trinajstić information content (AvgIpc) is 2.16. The van der Waals surface area contributed by atoms with Gasteiger partial charge >= 0.3 is 0 Å². The first kappa shape index (κ1) is 11.5. The van der Waals surface area contributed by atoms with Gasteiger partial charge in [0.15, 0.2) is 0 Å². The molecule has 82 valence electrons. The topological polar surface area (TPSA) is 58.4 Å². The van der Waals surface area contributed by atoms with Gasteiger partial charge in [-0.15, -0.1) is 0 Å². The van der Waals surface area contributed by atoms with Crippen molar-refractivity contribution in [2.75, 3.05) is 20.1 Å². The number of hydrogen-bond acceptors (Lipinski definition) is 3. The molecule has 0 aromatic heterocycles. The van der Waals surface area contributed by atoms with Crippen LogP contribution in [-0.4, -0.2) is 43.0 Å². The first-order valence-electron chi connectivity index (χ1n) is 5.37. The third-order valence-electron chi connectivity index (χ3n) is 2.91. The highest BCUT2D eigenvalue weighted by atomic mass is 16.1. The van der Waals surface area contributed by atoms with Crippen molar-refractivity contribution in [3.63, 3.8) is 0 Å². The molecule has 1 aliphatic heterocycles. The number of rotatable bonds is 4. The number of likely N-dealkylation sites (tertiary alicyclic amines) is 1. The van der Waals surface area contributed by atoms with Crippen LogP contribution in [0.2, 0.25) is 0 Å². The third-order valence-corrected chi connectivity index (χ3v) is 2.91. The summed E-state index contributed by atoms with van der Waals surface area (Å²) in [5, 5.41) is 3.32. The van der Waals surface area contributed by atoms with Gasteiger partial charge in [0.2, 0.25) is 5.91 Å². The Balaban J connectivity index is 2.32. The first-order chi connectivity index (χ1) is 6.63. The summed E-state index contributed by atoms with van der Waals surface area (Å²) in [6.07, 6.45) is 3.00. The maximum atomic E-state index is 11.0. The Morgan fingerprint density at radius 3 is 2.57 bits per heavy atom. The van der Waals surface area contributed by atoms with Crippen LogP contribution >= 0.6 is 0 Å². The molecular weight excluding hydrogens is 178 g/mol. The molecule has 0 aromatic rings. The van der Waals surface area contributed by atoms with Gasteiger partial charge in [0.05, 0.1) is 6.04 Å². The molecule has 0 aromatic carbocycles. The van der Waals surface area contributed by atoms with Crippen LogP contribution in [-0.2, 0) is 4.79 Å². The standard InChI is InChI=1S/C10H21N3O/c1-3-9(10(11)14)12-8-4-6-13(2)7-5-8/h8-9,12H,3-7H2,1-2H3,(H2,11,14). The molecule has 14 heavy (non-hydrogen) atoms. The van der Waals surface area contributed by atoms with Crippen LogP contribution in [0.1, 0.15) is 26.2 Å². The van der Waals surface area contributed by atoms with E-state index in [9.17, 15) is 4.79 Å². The zero-order chi connectivity index (χ0) is 10.6. The molecule has 1 rings (SSSR count). The molecule has 3 N–H and O–H groups in total. The lowest BCUT2D eigenvalue weighted by Gasteiger charge is -2.31. The predicted molar refractivity (Wildman–Crippen MR) is 56.9 cm³/mol. The van der Waals surface area contributed by atoms with Gasteiger partial charge in [-0.1, -0.05) is 6.92 Å². The molecule has 1 atom stereocenters. The fraction of sp³-hybridized carbons (Fsp3) is 0.900. The molecule has 0 spiro atoms. The van der Waals surface area contributed by atoms with Gasteiger partial charge in [0, 0.05) is 6.04 Å². The summed E-state index contributed by atoms with van der Waals surface area (Å²) < 4.78 is 0. The highest BCUT2D eigenvalue weighted by Crippen LogP contribution is 2.09. The number of nitrogens with two attached hydrogens (primary N) is 1. The molecule has 4 nitrogen and oxygen atoms in total. The summed E-state index contributed by atoms with van der Waals surface area (Å²) in [5.74, 6) is -0.230. The van der Waals surface area contributed by atoms with Crippen LogP contribution in [0, 0.1) is 0 Å². The SMILES string of the molecule is CCC(NC1CCN(C)CC1)C(N)=O. The number of amides is 1. The van der Waals surface area contributed by atoms with Crippen LogP contribution in [0.3, 0.4) is 0 Å². The average molecular weight is 199 g/mol. The number of carbonyl (C=O) groups is 1. The van der Waals surface area contributed by atoms with E-state index in [-0.39, 0.29) is 11.9 Å². The fourth-order valence-corrected chi connectivity index (χ4v) is 1.86. The van der Waals surface area contributed by atoms with E-state index in [0.717, 1.165) is 32.4 Å². The highest BCUT2D eigenvalue weighted by molar-refractivity contribution is 5.79. The van der Waals surface area contributed by atoms with Crippen molar-refractivity contribution in [3.05, 3.63) is 0 Å².